The van der Waals surface area contributed by atoms with Crippen LogP contribution in [-0.2, 0) is 20.1 Å². The van der Waals surface area contributed by atoms with Crippen LogP contribution in [0, 0.1) is 0 Å². The molecule has 2 aromatic carbocycles. The van der Waals surface area contributed by atoms with Crippen molar-refractivity contribution < 1.29 is 21.0 Å². The molecule has 0 aliphatic heterocycles. The molecule has 25 heavy (non-hydrogen) atoms. The summed E-state index contributed by atoms with van der Waals surface area (Å²) in [6.45, 7) is 3.86. The van der Waals surface area contributed by atoms with E-state index in [1.54, 1.807) is 24.3 Å². The lowest BCUT2D eigenvalue weighted by atomic mass is 10.0. The Labute approximate surface area is 149 Å². The highest BCUT2D eigenvalue weighted by Gasteiger charge is 2.23. The van der Waals surface area contributed by atoms with E-state index in [1.165, 1.54) is 32.3 Å². The van der Waals surface area contributed by atoms with Crippen LogP contribution in [0.4, 0.5) is 0 Å². The minimum absolute atomic E-state index is 0.0758. The van der Waals surface area contributed by atoms with Gasteiger partial charge in [-0.05, 0) is 35.7 Å². The Kier molecular flexibility index (Phi) is 5.55. The molecule has 0 unspecified atom stereocenters. The van der Waals surface area contributed by atoms with Gasteiger partial charge in [0.2, 0.25) is 10.0 Å². The lowest BCUT2D eigenvalue weighted by molar-refractivity contribution is 0.481. The first-order valence-electron chi connectivity index (χ1n) is 7.61. The molecule has 0 atom stereocenters. The first kappa shape index (κ1) is 19.4. The maximum atomic E-state index is 12.6. The van der Waals surface area contributed by atoms with Crippen LogP contribution in [0.15, 0.2) is 58.3 Å². The summed E-state index contributed by atoms with van der Waals surface area (Å²) in [4.78, 5) is -0.326. The maximum absolute atomic E-state index is 12.6. The topological polar surface area (TPSA) is 80.8 Å². The van der Waals surface area contributed by atoms with Crippen molar-refractivity contribution in [2.45, 2.75) is 29.6 Å². The molecule has 136 valence electrons. The highest BCUT2D eigenvalue weighted by atomic mass is 32.2. The molecule has 0 aromatic heterocycles. The number of nitrogens with zero attached hydrogens (tertiary/aromatic N) is 1. The van der Waals surface area contributed by atoms with E-state index in [1.807, 2.05) is 13.8 Å². The molecule has 0 radical (unpaired) electrons. The number of hydrogen-bond donors (Lipinski definition) is 0. The number of sulfonamides is 1. The average molecular weight is 383 g/mol. The minimum Gasteiger partial charge on any atom is -0.379 e. The van der Waals surface area contributed by atoms with Crippen LogP contribution in [0.1, 0.15) is 25.3 Å². The summed E-state index contributed by atoms with van der Waals surface area (Å²) < 4.78 is 55.9. The van der Waals surface area contributed by atoms with Crippen molar-refractivity contribution in [3.63, 3.8) is 0 Å². The lowest BCUT2D eigenvalue weighted by Gasteiger charge is -2.15. The zero-order valence-corrected chi connectivity index (χ0v) is 16.1. The fourth-order valence-corrected chi connectivity index (χ4v) is 4.22. The molecule has 2 rings (SSSR count). The normalized spacial score (nSPS) is 12.6. The number of benzene rings is 2. The van der Waals surface area contributed by atoms with E-state index in [9.17, 15) is 16.8 Å². The predicted octanol–water partition coefficient (Wildman–Crippen LogP) is 2.83. The van der Waals surface area contributed by atoms with Crippen molar-refractivity contribution in [2.75, 3.05) is 14.1 Å². The third-order valence-corrected chi connectivity index (χ3v) is 6.65. The van der Waals surface area contributed by atoms with Crippen LogP contribution in [0.25, 0.3) is 0 Å². The van der Waals surface area contributed by atoms with Crippen LogP contribution in [0.2, 0.25) is 0 Å². The molecule has 0 spiro atoms. The molecule has 0 aliphatic carbocycles. The van der Waals surface area contributed by atoms with Crippen LogP contribution in [0.5, 0.6) is 5.75 Å². The molecule has 0 heterocycles. The van der Waals surface area contributed by atoms with Crippen LogP contribution >= 0.6 is 0 Å². The Bertz CT molecular complexity index is 964. The molecule has 0 aliphatic rings. The number of para-hydroxylation sites is 1. The molecule has 0 fully saturated rings. The van der Waals surface area contributed by atoms with Crippen molar-refractivity contribution in [3.8, 4) is 5.75 Å². The van der Waals surface area contributed by atoms with Gasteiger partial charge in [-0.2, -0.15) is 8.42 Å². The molecule has 6 nitrogen and oxygen atoms in total. The third-order valence-electron chi connectivity index (χ3n) is 3.61. The summed E-state index contributed by atoms with van der Waals surface area (Å²) in [5.74, 6) is 0.310. The number of rotatable bonds is 6. The first-order chi connectivity index (χ1) is 11.6. The molecular formula is C17H21NO5S2. The first-order valence-corrected chi connectivity index (χ1v) is 10.5. The van der Waals surface area contributed by atoms with E-state index < -0.39 is 20.1 Å². The van der Waals surface area contributed by atoms with Crippen molar-refractivity contribution in [3.05, 3.63) is 54.1 Å². The second kappa shape index (κ2) is 7.15. The van der Waals surface area contributed by atoms with Gasteiger partial charge in [-0.25, -0.2) is 12.7 Å². The Hall–Kier alpha value is -1.90. The van der Waals surface area contributed by atoms with E-state index in [0.717, 1.165) is 15.9 Å². The monoisotopic (exact) mass is 383 g/mol. The smallest absolute Gasteiger partial charge is 0.339 e. The average Bonchev–Trinajstić information content (AvgIpc) is 2.54. The Morgan fingerprint density at radius 3 is 2.08 bits per heavy atom. The summed E-state index contributed by atoms with van der Waals surface area (Å²) in [5.41, 5.74) is 0.753. The molecule has 0 bridgehead atoms. The molecule has 0 N–H and O–H groups in total. The third kappa shape index (κ3) is 4.20. The highest BCUT2D eigenvalue weighted by molar-refractivity contribution is 7.89. The molecular weight excluding hydrogens is 362 g/mol. The second-order valence-electron chi connectivity index (χ2n) is 5.99. The Morgan fingerprint density at radius 2 is 1.48 bits per heavy atom. The van der Waals surface area contributed by atoms with Crippen molar-refractivity contribution >= 4 is 20.1 Å². The van der Waals surface area contributed by atoms with Gasteiger partial charge in [0.05, 0.1) is 4.90 Å². The quantitative estimate of drug-likeness (QED) is 0.717. The number of hydrogen-bond acceptors (Lipinski definition) is 5. The van der Waals surface area contributed by atoms with Gasteiger partial charge in [-0.1, -0.05) is 38.1 Å². The molecule has 2 aromatic rings. The Morgan fingerprint density at radius 1 is 0.880 bits per heavy atom. The molecule has 8 heteroatoms. The highest BCUT2D eigenvalue weighted by Crippen LogP contribution is 2.29. The fraction of sp³-hybridized carbons (Fsp3) is 0.294. The van der Waals surface area contributed by atoms with Gasteiger partial charge in [0, 0.05) is 14.1 Å². The largest absolute Gasteiger partial charge is 0.379 e. The molecule has 0 saturated heterocycles. The maximum Gasteiger partial charge on any atom is 0.339 e. The van der Waals surface area contributed by atoms with E-state index in [2.05, 4.69) is 0 Å². The van der Waals surface area contributed by atoms with Gasteiger partial charge >= 0.3 is 10.1 Å². The van der Waals surface area contributed by atoms with E-state index in [-0.39, 0.29) is 21.5 Å². The molecule has 0 saturated carbocycles. The predicted molar refractivity (Wildman–Crippen MR) is 95.7 cm³/mol. The van der Waals surface area contributed by atoms with Crippen LogP contribution in [0.3, 0.4) is 0 Å². The van der Waals surface area contributed by atoms with Gasteiger partial charge in [0.1, 0.15) is 10.6 Å². The summed E-state index contributed by atoms with van der Waals surface area (Å²) in [5, 5.41) is 0. The summed E-state index contributed by atoms with van der Waals surface area (Å²) in [6, 6.07) is 12.0. The SMILES string of the molecule is CC(C)c1ccccc1OS(=O)(=O)c1cccc(S(=O)(=O)N(C)C)c1. The summed E-state index contributed by atoms with van der Waals surface area (Å²) in [6.07, 6.45) is 0. The van der Waals surface area contributed by atoms with E-state index in [0.29, 0.717) is 0 Å². The zero-order valence-electron chi connectivity index (χ0n) is 14.5. The van der Waals surface area contributed by atoms with E-state index in [4.69, 9.17) is 4.18 Å². The van der Waals surface area contributed by atoms with Crippen LogP contribution in [-0.4, -0.2) is 35.2 Å². The zero-order chi connectivity index (χ0) is 18.8. The van der Waals surface area contributed by atoms with Gasteiger partial charge < -0.3 is 4.18 Å². The van der Waals surface area contributed by atoms with Gasteiger partial charge in [0.25, 0.3) is 0 Å². The lowest BCUT2D eigenvalue weighted by Crippen LogP contribution is -2.22. The van der Waals surface area contributed by atoms with Crippen molar-refractivity contribution in [1.82, 2.24) is 4.31 Å². The minimum atomic E-state index is -4.16. The van der Waals surface area contributed by atoms with Crippen molar-refractivity contribution in [1.29, 1.82) is 0 Å². The fourth-order valence-electron chi connectivity index (χ4n) is 2.20. The second-order valence-corrected chi connectivity index (χ2v) is 9.69. The van der Waals surface area contributed by atoms with Crippen molar-refractivity contribution in [2.24, 2.45) is 0 Å². The van der Waals surface area contributed by atoms with Gasteiger partial charge in [0.15, 0.2) is 0 Å². The van der Waals surface area contributed by atoms with E-state index >= 15 is 0 Å². The summed E-state index contributed by atoms with van der Waals surface area (Å²) >= 11 is 0. The Balaban J connectivity index is 2.46. The standard InChI is InChI=1S/C17H21NO5S2/c1-13(2)16-10-5-6-11-17(16)23-25(21,22)15-9-7-8-14(12-15)24(19,20)18(3)4/h5-13H,1-4H3. The van der Waals surface area contributed by atoms with Gasteiger partial charge in [-0.3, -0.25) is 0 Å². The van der Waals surface area contributed by atoms with Crippen LogP contribution < -0.4 is 4.18 Å². The molecule has 0 amide bonds. The van der Waals surface area contributed by atoms with Gasteiger partial charge in [-0.15, -0.1) is 0 Å². The summed E-state index contributed by atoms with van der Waals surface area (Å²) in [7, 11) is -5.14.